The standard InChI is InChI=1S/C9H15NO3/c1-6-4-10(5-7(2)13-6)9(12)8(3)11/h6-7H,4-5H2,1-3H3. The predicted molar refractivity (Wildman–Crippen MR) is 47.3 cm³/mol. The molecule has 0 N–H and O–H groups in total. The molecule has 0 aromatic carbocycles. The lowest BCUT2D eigenvalue weighted by Crippen LogP contribution is -2.49. The number of carbonyl (C=O) groups is 2. The molecule has 1 rings (SSSR count). The largest absolute Gasteiger partial charge is 0.372 e. The third-order valence-electron chi connectivity index (χ3n) is 2.01. The molecule has 1 aliphatic rings. The van der Waals surface area contributed by atoms with E-state index in [1.165, 1.54) is 6.92 Å². The van der Waals surface area contributed by atoms with E-state index in [1.54, 1.807) is 4.90 Å². The Morgan fingerprint density at radius 3 is 2.08 bits per heavy atom. The zero-order chi connectivity index (χ0) is 10.0. The van der Waals surface area contributed by atoms with Gasteiger partial charge in [0.2, 0.25) is 5.78 Å². The Morgan fingerprint density at radius 1 is 1.23 bits per heavy atom. The molecule has 74 valence electrons. The summed E-state index contributed by atoms with van der Waals surface area (Å²) in [5.74, 6) is -0.802. The smallest absolute Gasteiger partial charge is 0.289 e. The number of carbonyl (C=O) groups excluding carboxylic acids is 2. The van der Waals surface area contributed by atoms with E-state index in [4.69, 9.17) is 4.74 Å². The molecule has 0 bridgehead atoms. The first-order valence-electron chi connectivity index (χ1n) is 4.46. The van der Waals surface area contributed by atoms with Crippen molar-refractivity contribution in [3.05, 3.63) is 0 Å². The molecule has 1 heterocycles. The lowest BCUT2D eigenvalue weighted by molar-refractivity contribution is -0.151. The van der Waals surface area contributed by atoms with Gasteiger partial charge >= 0.3 is 0 Å². The Labute approximate surface area is 77.8 Å². The second-order valence-corrected chi connectivity index (χ2v) is 3.52. The first-order valence-corrected chi connectivity index (χ1v) is 4.46. The van der Waals surface area contributed by atoms with Crippen LogP contribution in [-0.4, -0.2) is 41.9 Å². The summed E-state index contributed by atoms with van der Waals surface area (Å²) >= 11 is 0. The fourth-order valence-corrected chi connectivity index (χ4v) is 1.57. The van der Waals surface area contributed by atoms with Gasteiger partial charge in [-0.2, -0.15) is 0 Å². The topological polar surface area (TPSA) is 46.6 Å². The molecule has 1 amide bonds. The second-order valence-electron chi connectivity index (χ2n) is 3.52. The number of Topliss-reactive ketones (excluding diaryl/α,β-unsaturated/α-hetero) is 1. The maximum atomic E-state index is 11.3. The number of amides is 1. The van der Waals surface area contributed by atoms with Gasteiger partial charge in [-0.3, -0.25) is 9.59 Å². The van der Waals surface area contributed by atoms with E-state index in [1.807, 2.05) is 13.8 Å². The van der Waals surface area contributed by atoms with Crippen LogP contribution in [0.3, 0.4) is 0 Å². The summed E-state index contributed by atoms with van der Waals surface area (Å²) in [4.78, 5) is 23.7. The van der Waals surface area contributed by atoms with Crippen molar-refractivity contribution in [2.75, 3.05) is 13.1 Å². The maximum Gasteiger partial charge on any atom is 0.289 e. The van der Waals surface area contributed by atoms with E-state index < -0.39 is 11.7 Å². The summed E-state index contributed by atoms with van der Waals surface area (Å²) in [5.41, 5.74) is 0. The molecule has 1 saturated heterocycles. The number of ether oxygens (including phenoxy) is 1. The summed E-state index contributed by atoms with van der Waals surface area (Å²) in [6.07, 6.45) is 0.0408. The first kappa shape index (κ1) is 10.2. The third kappa shape index (κ3) is 2.52. The van der Waals surface area contributed by atoms with E-state index in [9.17, 15) is 9.59 Å². The van der Waals surface area contributed by atoms with Crippen molar-refractivity contribution in [3.63, 3.8) is 0 Å². The third-order valence-corrected chi connectivity index (χ3v) is 2.01. The second kappa shape index (κ2) is 3.87. The summed E-state index contributed by atoms with van der Waals surface area (Å²) < 4.78 is 5.44. The van der Waals surface area contributed by atoms with E-state index in [0.717, 1.165) is 0 Å². The first-order chi connectivity index (χ1) is 6.00. The Morgan fingerprint density at radius 2 is 1.69 bits per heavy atom. The van der Waals surface area contributed by atoms with Crippen molar-refractivity contribution in [3.8, 4) is 0 Å². The maximum absolute atomic E-state index is 11.3. The van der Waals surface area contributed by atoms with E-state index in [-0.39, 0.29) is 12.2 Å². The number of rotatable bonds is 1. The molecule has 4 heteroatoms. The minimum Gasteiger partial charge on any atom is -0.372 e. The van der Waals surface area contributed by atoms with Gasteiger partial charge in [0.1, 0.15) is 0 Å². The zero-order valence-electron chi connectivity index (χ0n) is 8.24. The summed E-state index contributed by atoms with van der Waals surface area (Å²) in [6.45, 7) is 6.13. The highest BCUT2D eigenvalue weighted by molar-refractivity contribution is 6.35. The van der Waals surface area contributed by atoms with Crippen LogP contribution in [0, 0.1) is 0 Å². The molecule has 0 radical (unpaired) electrons. The van der Waals surface area contributed by atoms with Crippen molar-refractivity contribution in [2.45, 2.75) is 33.0 Å². The lowest BCUT2D eigenvalue weighted by atomic mass is 10.2. The van der Waals surface area contributed by atoms with Gasteiger partial charge in [0.15, 0.2) is 0 Å². The molecule has 2 atom stereocenters. The molecule has 2 unspecified atom stereocenters. The van der Waals surface area contributed by atoms with Gasteiger partial charge in [0, 0.05) is 20.0 Å². The minimum absolute atomic E-state index is 0.0204. The predicted octanol–water partition coefficient (Wildman–Crippen LogP) is 0.211. The monoisotopic (exact) mass is 185 g/mol. The van der Waals surface area contributed by atoms with Crippen LogP contribution in [-0.2, 0) is 14.3 Å². The van der Waals surface area contributed by atoms with Crippen LogP contribution in [0.5, 0.6) is 0 Å². The fourth-order valence-electron chi connectivity index (χ4n) is 1.57. The van der Waals surface area contributed by atoms with Crippen LogP contribution in [0.4, 0.5) is 0 Å². The van der Waals surface area contributed by atoms with Gasteiger partial charge in [-0.25, -0.2) is 0 Å². The van der Waals surface area contributed by atoms with Crippen LogP contribution in [0.2, 0.25) is 0 Å². The Hall–Kier alpha value is -0.900. The van der Waals surface area contributed by atoms with Crippen LogP contribution in [0.1, 0.15) is 20.8 Å². The molecule has 0 saturated carbocycles. The summed E-state index contributed by atoms with van der Waals surface area (Å²) in [7, 11) is 0. The van der Waals surface area contributed by atoms with Gasteiger partial charge in [0.25, 0.3) is 5.91 Å². The molecular formula is C9H15NO3. The van der Waals surface area contributed by atoms with E-state index in [2.05, 4.69) is 0 Å². The highest BCUT2D eigenvalue weighted by atomic mass is 16.5. The molecule has 1 aliphatic heterocycles. The van der Waals surface area contributed by atoms with Gasteiger partial charge < -0.3 is 9.64 Å². The Bertz CT molecular complexity index is 217. The number of hydrogen-bond donors (Lipinski definition) is 0. The van der Waals surface area contributed by atoms with Crippen LogP contribution >= 0.6 is 0 Å². The van der Waals surface area contributed by atoms with Crippen molar-refractivity contribution in [1.29, 1.82) is 0 Å². The molecule has 13 heavy (non-hydrogen) atoms. The molecule has 1 fully saturated rings. The van der Waals surface area contributed by atoms with Crippen molar-refractivity contribution < 1.29 is 14.3 Å². The van der Waals surface area contributed by atoms with Gasteiger partial charge in [-0.05, 0) is 13.8 Å². The quantitative estimate of drug-likeness (QED) is 0.549. The molecule has 4 nitrogen and oxygen atoms in total. The SMILES string of the molecule is CC(=O)C(=O)N1CC(C)OC(C)C1. The Balaban J connectivity index is 2.60. The van der Waals surface area contributed by atoms with Crippen LogP contribution < -0.4 is 0 Å². The average Bonchev–Trinajstić information content (AvgIpc) is 2.01. The minimum atomic E-state index is -0.402. The summed E-state index contributed by atoms with van der Waals surface area (Å²) in [6, 6.07) is 0. The van der Waals surface area contributed by atoms with Crippen molar-refractivity contribution in [1.82, 2.24) is 4.90 Å². The van der Waals surface area contributed by atoms with Gasteiger partial charge in [-0.15, -0.1) is 0 Å². The number of morpholine rings is 1. The number of hydrogen-bond acceptors (Lipinski definition) is 3. The van der Waals surface area contributed by atoms with Crippen molar-refractivity contribution in [2.24, 2.45) is 0 Å². The van der Waals surface area contributed by atoms with E-state index in [0.29, 0.717) is 13.1 Å². The molecule has 0 aromatic rings. The van der Waals surface area contributed by atoms with Crippen LogP contribution in [0.25, 0.3) is 0 Å². The van der Waals surface area contributed by atoms with Crippen LogP contribution in [0.15, 0.2) is 0 Å². The fraction of sp³-hybridized carbons (Fsp3) is 0.778. The normalized spacial score (nSPS) is 28.7. The number of ketones is 1. The number of nitrogens with zero attached hydrogens (tertiary/aromatic N) is 1. The molecule has 0 aromatic heterocycles. The molecular weight excluding hydrogens is 170 g/mol. The average molecular weight is 185 g/mol. The Kier molecular flexibility index (Phi) is 3.03. The van der Waals surface area contributed by atoms with Gasteiger partial charge in [0.05, 0.1) is 12.2 Å². The highest BCUT2D eigenvalue weighted by Crippen LogP contribution is 2.10. The van der Waals surface area contributed by atoms with Gasteiger partial charge in [-0.1, -0.05) is 0 Å². The zero-order valence-corrected chi connectivity index (χ0v) is 8.24. The van der Waals surface area contributed by atoms with E-state index >= 15 is 0 Å². The molecule has 0 aliphatic carbocycles. The summed E-state index contributed by atoms with van der Waals surface area (Å²) in [5, 5.41) is 0. The lowest BCUT2D eigenvalue weighted by Gasteiger charge is -2.34. The van der Waals surface area contributed by atoms with Crippen molar-refractivity contribution >= 4 is 11.7 Å². The highest BCUT2D eigenvalue weighted by Gasteiger charge is 2.27. The molecule has 0 spiro atoms.